The Morgan fingerprint density at radius 3 is 3.06 bits per heavy atom. The van der Waals surface area contributed by atoms with Crippen molar-refractivity contribution in [2.24, 2.45) is 0 Å². The summed E-state index contributed by atoms with van der Waals surface area (Å²) in [7, 11) is 1.61. The summed E-state index contributed by atoms with van der Waals surface area (Å²) >= 11 is 5.43. The van der Waals surface area contributed by atoms with Crippen LogP contribution >= 0.6 is 11.6 Å². The van der Waals surface area contributed by atoms with Gasteiger partial charge in [0.25, 0.3) is 0 Å². The van der Waals surface area contributed by atoms with Gasteiger partial charge < -0.3 is 15.4 Å². The van der Waals surface area contributed by atoms with Crippen molar-refractivity contribution in [2.45, 2.75) is 0 Å². The fraction of sp³-hybridized carbons (Fsp3) is 0.250. The first-order chi connectivity index (χ1) is 8.26. The van der Waals surface area contributed by atoms with Crippen LogP contribution in [0.15, 0.2) is 30.5 Å². The Balaban J connectivity index is 2.44. The van der Waals surface area contributed by atoms with Gasteiger partial charge >= 0.3 is 6.03 Å². The van der Waals surface area contributed by atoms with Crippen LogP contribution in [0.1, 0.15) is 5.56 Å². The van der Waals surface area contributed by atoms with Crippen LogP contribution < -0.4 is 15.4 Å². The number of ether oxygens (including phenoxy) is 1. The molecule has 0 atom stereocenters. The van der Waals surface area contributed by atoms with E-state index in [0.29, 0.717) is 12.4 Å². The van der Waals surface area contributed by atoms with Crippen molar-refractivity contribution in [2.75, 3.05) is 19.5 Å². The Morgan fingerprint density at radius 1 is 1.53 bits per heavy atom. The Kier molecular flexibility index (Phi) is 5.96. The zero-order chi connectivity index (χ0) is 12.5. The summed E-state index contributed by atoms with van der Waals surface area (Å²) in [6.07, 6.45) is 3.35. The van der Waals surface area contributed by atoms with Crippen molar-refractivity contribution in [1.29, 1.82) is 0 Å². The number of amides is 2. The van der Waals surface area contributed by atoms with Gasteiger partial charge in [-0.2, -0.15) is 0 Å². The van der Waals surface area contributed by atoms with E-state index in [1.54, 1.807) is 19.4 Å². The molecule has 0 radical (unpaired) electrons. The van der Waals surface area contributed by atoms with Crippen LogP contribution in [0, 0.1) is 0 Å². The molecular weight excluding hydrogens is 240 g/mol. The van der Waals surface area contributed by atoms with E-state index in [-0.39, 0.29) is 6.03 Å². The van der Waals surface area contributed by atoms with Crippen molar-refractivity contribution in [1.82, 2.24) is 10.6 Å². The molecule has 1 aromatic carbocycles. The molecule has 17 heavy (non-hydrogen) atoms. The molecule has 1 aromatic rings. The smallest absolute Gasteiger partial charge is 0.318 e. The van der Waals surface area contributed by atoms with Crippen molar-refractivity contribution < 1.29 is 9.53 Å². The van der Waals surface area contributed by atoms with E-state index in [4.69, 9.17) is 16.3 Å². The molecule has 0 aliphatic heterocycles. The van der Waals surface area contributed by atoms with Crippen molar-refractivity contribution in [3.63, 3.8) is 0 Å². The molecule has 0 unspecified atom stereocenters. The number of carbonyl (C=O) groups is 1. The van der Waals surface area contributed by atoms with Gasteiger partial charge in [0.05, 0.1) is 7.11 Å². The maximum atomic E-state index is 11.2. The average Bonchev–Trinajstić information content (AvgIpc) is 2.36. The predicted molar refractivity (Wildman–Crippen MR) is 69.3 cm³/mol. The minimum Gasteiger partial charge on any atom is -0.497 e. The van der Waals surface area contributed by atoms with E-state index in [1.807, 2.05) is 24.3 Å². The van der Waals surface area contributed by atoms with Gasteiger partial charge in [0.2, 0.25) is 0 Å². The number of hydrogen-bond acceptors (Lipinski definition) is 2. The lowest BCUT2D eigenvalue weighted by molar-refractivity contribution is 0.245. The molecule has 2 N–H and O–H groups in total. The summed E-state index contributed by atoms with van der Waals surface area (Å²) in [5, 5.41) is 5.16. The molecule has 5 heteroatoms. The van der Waals surface area contributed by atoms with Gasteiger partial charge in [0.15, 0.2) is 0 Å². The number of benzene rings is 1. The van der Waals surface area contributed by atoms with Crippen LogP contribution in [0.2, 0.25) is 0 Å². The van der Waals surface area contributed by atoms with E-state index < -0.39 is 0 Å². The van der Waals surface area contributed by atoms with E-state index in [1.165, 1.54) is 0 Å². The van der Waals surface area contributed by atoms with E-state index >= 15 is 0 Å². The van der Waals surface area contributed by atoms with Crippen LogP contribution in [-0.2, 0) is 0 Å². The molecule has 0 saturated heterocycles. The number of alkyl halides is 1. The molecule has 0 fully saturated rings. The van der Waals surface area contributed by atoms with Gasteiger partial charge in [0.1, 0.15) is 5.75 Å². The lowest BCUT2D eigenvalue weighted by Crippen LogP contribution is -2.33. The summed E-state index contributed by atoms with van der Waals surface area (Å²) in [4.78, 5) is 11.2. The summed E-state index contributed by atoms with van der Waals surface area (Å²) < 4.78 is 5.09. The summed E-state index contributed by atoms with van der Waals surface area (Å²) in [5.74, 6) is 1.17. The number of urea groups is 1. The second-order valence-electron chi connectivity index (χ2n) is 3.20. The first-order valence-corrected chi connectivity index (χ1v) is 5.70. The van der Waals surface area contributed by atoms with Crippen LogP contribution in [0.3, 0.4) is 0 Å². The topological polar surface area (TPSA) is 50.4 Å². The highest BCUT2D eigenvalue weighted by atomic mass is 35.5. The largest absolute Gasteiger partial charge is 0.497 e. The third kappa shape index (κ3) is 5.26. The Hall–Kier alpha value is -1.68. The lowest BCUT2D eigenvalue weighted by atomic mass is 10.2. The van der Waals surface area contributed by atoms with Crippen LogP contribution in [0.4, 0.5) is 4.79 Å². The minimum atomic E-state index is -0.273. The fourth-order valence-corrected chi connectivity index (χ4v) is 1.27. The van der Waals surface area contributed by atoms with Gasteiger partial charge in [-0.3, -0.25) is 0 Å². The maximum Gasteiger partial charge on any atom is 0.318 e. The molecule has 0 heterocycles. The zero-order valence-electron chi connectivity index (χ0n) is 9.57. The molecule has 92 valence electrons. The average molecular weight is 255 g/mol. The van der Waals surface area contributed by atoms with Gasteiger partial charge in [-0.25, -0.2) is 4.79 Å². The standard InChI is InChI=1S/C12H15ClN2O2/c1-17-11-4-2-3-10(9-11)5-7-14-12(16)15-8-6-13/h2-5,7,9H,6,8H2,1H3,(H2,14,15,16)/b7-5+. The number of nitrogens with one attached hydrogen (secondary N) is 2. The minimum absolute atomic E-state index is 0.273. The van der Waals surface area contributed by atoms with Gasteiger partial charge in [0, 0.05) is 18.6 Å². The highest BCUT2D eigenvalue weighted by Crippen LogP contribution is 2.13. The van der Waals surface area contributed by atoms with E-state index in [2.05, 4.69) is 10.6 Å². The molecule has 1 rings (SSSR count). The predicted octanol–water partition coefficient (Wildman–Crippen LogP) is 2.20. The normalized spacial score (nSPS) is 10.2. The number of rotatable bonds is 5. The molecular formula is C12H15ClN2O2. The molecule has 0 spiro atoms. The Bertz CT molecular complexity index is 394. The molecule has 0 saturated carbocycles. The first-order valence-electron chi connectivity index (χ1n) is 5.17. The number of methoxy groups -OCH3 is 1. The quantitative estimate of drug-likeness (QED) is 0.792. The lowest BCUT2D eigenvalue weighted by Gasteiger charge is -2.02. The van der Waals surface area contributed by atoms with E-state index in [9.17, 15) is 4.79 Å². The molecule has 0 aliphatic rings. The van der Waals surface area contributed by atoms with Crippen molar-refractivity contribution in [3.05, 3.63) is 36.0 Å². The molecule has 0 aliphatic carbocycles. The maximum absolute atomic E-state index is 11.2. The highest BCUT2D eigenvalue weighted by Gasteiger charge is 1.94. The van der Waals surface area contributed by atoms with Crippen molar-refractivity contribution >= 4 is 23.7 Å². The third-order valence-corrected chi connectivity index (χ3v) is 2.15. The number of carbonyl (C=O) groups excluding carboxylic acids is 1. The molecule has 0 bridgehead atoms. The van der Waals surface area contributed by atoms with Gasteiger partial charge in [-0.05, 0) is 23.8 Å². The third-order valence-electron chi connectivity index (χ3n) is 1.96. The van der Waals surface area contributed by atoms with Crippen LogP contribution in [0.5, 0.6) is 5.75 Å². The number of halogens is 1. The summed E-state index contributed by atoms with van der Waals surface area (Å²) in [6.45, 7) is 0.445. The first kappa shape index (κ1) is 13.4. The monoisotopic (exact) mass is 254 g/mol. The highest BCUT2D eigenvalue weighted by molar-refractivity contribution is 6.18. The van der Waals surface area contributed by atoms with Gasteiger partial charge in [-0.1, -0.05) is 12.1 Å². The second-order valence-corrected chi connectivity index (χ2v) is 3.58. The molecule has 4 nitrogen and oxygen atoms in total. The zero-order valence-corrected chi connectivity index (χ0v) is 10.3. The Labute approximate surface area is 106 Å². The van der Waals surface area contributed by atoms with Crippen molar-refractivity contribution in [3.8, 4) is 5.75 Å². The fourth-order valence-electron chi connectivity index (χ4n) is 1.17. The molecule has 2 amide bonds. The van der Waals surface area contributed by atoms with E-state index in [0.717, 1.165) is 11.3 Å². The summed E-state index contributed by atoms with van der Waals surface area (Å²) in [5.41, 5.74) is 0.946. The van der Waals surface area contributed by atoms with Crippen LogP contribution in [-0.4, -0.2) is 25.6 Å². The molecule has 0 aromatic heterocycles. The second kappa shape index (κ2) is 7.57. The Morgan fingerprint density at radius 2 is 2.35 bits per heavy atom. The van der Waals surface area contributed by atoms with Crippen LogP contribution in [0.25, 0.3) is 6.08 Å². The summed E-state index contributed by atoms with van der Waals surface area (Å²) in [6, 6.07) is 7.25. The van der Waals surface area contributed by atoms with Gasteiger partial charge in [-0.15, -0.1) is 11.6 Å². The number of hydrogen-bond donors (Lipinski definition) is 2. The SMILES string of the molecule is COc1cccc(/C=C/NC(=O)NCCCl)c1.